The Morgan fingerprint density at radius 1 is 1.04 bits per heavy atom. The average molecular weight is 396 g/mol. The predicted molar refractivity (Wildman–Crippen MR) is 107 cm³/mol. The van der Waals surface area contributed by atoms with E-state index in [4.69, 9.17) is 0 Å². The van der Waals surface area contributed by atoms with Crippen molar-refractivity contribution in [2.24, 2.45) is 0 Å². The number of carbonyl (C=O) groups is 2. The summed E-state index contributed by atoms with van der Waals surface area (Å²) in [6.45, 7) is 1.83. The van der Waals surface area contributed by atoms with E-state index in [1.807, 2.05) is 12.1 Å². The van der Waals surface area contributed by atoms with Crippen molar-refractivity contribution in [2.45, 2.75) is 18.9 Å². The Balaban J connectivity index is 1.36. The minimum atomic E-state index is -0.237. The summed E-state index contributed by atoms with van der Waals surface area (Å²) in [5, 5.41) is 13.2. The zero-order valence-electron chi connectivity index (χ0n) is 15.1. The maximum atomic E-state index is 12.5. The summed E-state index contributed by atoms with van der Waals surface area (Å²) in [6.07, 6.45) is 4.92. The van der Waals surface area contributed by atoms with Crippen LogP contribution in [-0.4, -0.2) is 45.7 Å². The van der Waals surface area contributed by atoms with Crippen molar-refractivity contribution in [3.8, 4) is 5.69 Å². The van der Waals surface area contributed by atoms with Crippen LogP contribution in [0.3, 0.4) is 0 Å². The van der Waals surface area contributed by atoms with Crippen molar-refractivity contribution in [3.05, 3.63) is 58.8 Å². The van der Waals surface area contributed by atoms with Gasteiger partial charge in [-0.1, -0.05) is 0 Å². The number of thiophene rings is 1. The molecule has 2 amide bonds. The van der Waals surface area contributed by atoms with Crippen LogP contribution in [0.5, 0.6) is 0 Å². The van der Waals surface area contributed by atoms with Gasteiger partial charge in [0.25, 0.3) is 11.8 Å². The van der Waals surface area contributed by atoms with Crippen LogP contribution in [0.1, 0.15) is 32.2 Å². The average Bonchev–Trinajstić information content (AvgIpc) is 3.42. The second kappa shape index (κ2) is 8.32. The summed E-state index contributed by atoms with van der Waals surface area (Å²) in [7, 11) is 0. The van der Waals surface area contributed by atoms with Gasteiger partial charge in [-0.05, 0) is 62.3 Å². The molecule has 9 heteroatoms. The van der Waals surface area contributed by atoms with Crippen LogP contribution >= 0.6 is 11.3 Å². The molecule has 0 bridgehead atoms. The van der Waals surface area contributed by atoms with Gasteiger partial charge in [0, 0.05) is 11.7 Å². The van der Waals surface area contributed by atoms with E-state index < -0.39 is 0 Å². The Labute approximate surface area is 166 Å². The lowest BCUT2D eigenvalue weighted by atomic mass is 10.1. The van der Waals surface area contributed by atoms with Gasteiger partial charge >= 0.3 is 0 Å². The van der Waals surface area contributed by atoms with Crippen LogP contribution in [0.2, 0.25) is 0 Å². The first-order valence-electron chi connectivity index (χ1n) is 9.07. The van der Waals surface area contributed by atoms with Gasteiger partial charge in [-0.25, -0.2) is 9.67 Å². The van der Waals surface area contributed by atoms with E-state index in [0.717, 1.165) is 31.6 Å². The number of piperidine rings is 1. The number of anilines is 1. The zero-order chi connectivity index (χ0) is 19.3. The number of carbonyl (C=O) groups excluding carboxylic acids is 2. The molecule has 0 saturated carbocycles. The van der Waals surface area contributed by atoms with Crippen LogP contribution in [0.15, 0.2) is 49.1 Å². The first-order valence-corrected chi connectivity index (χ1v) is 9.88. The predicted octanol–water partition coefficient (Wildman–Crippen LogP) is 2.06. The van der Waals surface area contributed by atoms with Crippen LogP contribution < -0.4 is 16.0 Å². The molecule has 144 valence electrons. The molecule has 3 heterocycles. The Morgan fingerprint density at radius 3 is 2.43 bits per heavy atom. The molecule has 1 aliphatic heterocycles. The molecule has 8 nitrogen and oxygen atoms in total. The third-order valence-electron chi connectivity index (χ3n) is 4.54. The Kier molecular flexibility index (Phi) is 5.45. The molecule has 28 heavy (non-hydrogen) atoms. The number of rotatable bonds is 5. The number of nitrogens with one attached hydrogen (secondary N) is 3. The fourth-order valence-electron chi connectivity index (χ4n) is 3.04. The number of aromatic nitrogens is 3. The Morgan fingerprint density at radius 2 is 1.75 bits per heavy atom. The highest BCUT2D eigenvalue weighted by atomic mass is 32.1. The highest BCUT2D eigenvalue weighted by Gasteiger charge is 2.19. The van der Waals surface area contributed by atoms with Crippen LogP contribution in [0.25, 0.3) is 5.69 Å². The second-order valence-electron chi connectivity index (χ2n) is 6.50. The number of hydrogen-bond acceptors (Lipinski definition) is 6. The molecule has 0 unspecified atom stereocenters. The van der Waals surface area contributed by atoms with Crippen molar-refractivity contribution in [1.29, 1.82) is 0 Å². The van der Waals surface area contributed by atoms with E-state index in [2.05, 4.69) is 26.0 Å². The molecule has 0 aliphatic carbocycles. The summed E-state index contributed by atoms with van der Waals surface area (Å²) < 4.78 is 1.64. The second-order valence-corrected chi connectivity index (χ2v) is 7.59. The highest BCUT2D eigenvalue weighted by Crippen LogP contribution is 2.20. The Hall–Kier alpha value is -3.04. The van der Waals surface area contributed by atoms with E-state index in [0.29, 0.717) is 15.4 Å². The molecule has 1 saturated heterocycles. The van der Waals surface area contributed by atoms with Crippen molar-refractivity contribution in [3.63, 3.8) is 0 Å². The smallest absolute Gasteiger partial charge is 0.265 e. The molecule has 1 fully saturated rings. The van der Waals surface area contributed by atoms with E-state index in [1.54, 1.807) is 35.3 Å². The monoisotopic (exact) mass is 396 g/mol. The molecule has 1 aromatic carbocycles. The molecule has 0 spiro atoms. The molecule has 0 radical (unpaired) electrons. The molecule has 3 aromatic rings. The maximum Gasteiger partial charge on any atom is 0.265 e. The summed E-state index contributed by atoms with van der Waals surface area (Å²) >= 11 is 1.20. The minimum Gasteiger partial charge on any atom is -0.349 e. The minimum absolute atomic E-state index is 0.117. The Bertz CT molecular complexity index is 945. The summed E-state index contributed by atoms with van der Waals surface area (Å²) in [6, 6.07) is 10.9. The first kappa shape index (κ1) is 18.3. The number of hydrogen-bond donors (Lipinski definition) is 3. The van der Waals surface area contributed by atoms with Crippen molar-refractivity contribution < 1.29 is 9.59 Å². The quantitative estimate of drug-likeness (QED) is 0.613. The number of nitrogens with zero attached hydrogens (tertiary/aromatic N) is 3. The molecule has 2 aromatic heterocycles. The van der Waals surface area contributed by atoms with Gasteiger partial charge in [0.1, 0.15) is 12.7 Å². The van der Waals surface area contributed by atoms with Crippen molar-refractivity contribution in [1.82, 2.24) is 25.4 Å². The number of amides is 2. The van der Waals surface area contributed by atoms with E-state index >= 15 is 0 Å². The van der Waals surface area contributed by atoms with E-state index in [-0.39, 0.29) is 17.9 Å². The van der Waals surface area contributed by atoms with E-state index in [9.17, 15) is 9.59 Å². The fourth-order valence-corrected chi connectivity index (χ4v) is 3.84. The lowest BCUT2D eigenvalue weighted by molar-refractivity contribution is 0.0933. The van der Waals surface area contributed by atoms with Crippen molar-refractivity contribution in [2.75, 3.05) is 18.4 Å². The highest BCUT2D eigenvalue weighted by molar-refractivity contribution is 7.16. The molecule has 4 rings (SSSR count). The lowest BCUT2D eigenvalue weighted by Gasteiger charge is -2.23. The SMILES string of the molecule is O=C(Nc1ccc(-n2cncn2)cc1)c1ccc(C(=O)NC2CCNCC2)s1. The van der Waals surface area contributed by atoms with Crippen LogP contribution in [0.4, 0.5) is 5.69 Å². The van der Waals surface area contributed by atoms with Crippen LogP contribution in [0, 0.1) is 0 Å². The largest absolute Gasteiger partial charge is 0.349 e. The topological polar surface area (TPSA) is 101 Å². The third-order valence-corrected chi connectivity index (χ3v) is 5.62. The molecular weight excluding hydrogens is 376 g/mol. The normalized spacial score (nSPS) is 14.6. The fraction of sp³-hybridized carbons (Fsp3) is 0.263. The lowest BCUT2D eigenvalue weighted by Crippen LogP contribution is -2.42. The zero-order valence-corrected chi connectivity index (χ0v) is 15.9. The summed E-state index contributed by atoms with van der Waals surface area (Å²) in [4.78, 5) is 29.8. The maximum absolute atomic E-state index is 12.5. The molecule has 1 aliphatic rings. The summed E-state index contributed by atoms with van der Waals surface area (Å²) in [5.74, 6) is -0.354. The molecular formula is C19H20N6O2S. The number of benzene rings is 1. The third kappa shape index (κ3) is 4.26. The van der Waals surface area contributed by atoms with Gasteiger partial charge in [0.2, 0.25) is 0 Å². The van der Waals surface area contributed by atoms with Gasteiger partial charge in [0.15, 0.2) is 0 Å². The van der Waals surface area contributed by atoms with Gasteiger partial charge in [-0.15, -0.1) is 11.3 Å². The molecule has 0 atom stereocenters. The molecule has 3 N–H and O–H groups in total. The van der Waals surface area contributed by atoms with E-state index in [1.165, 1.54) is 17.7 Å². The van der Waals surface area contributed by atoms with Gasteiger partial charge in [-0.2, -0.15) is 5.10 Å². The standard InChI is InChI=1S/C19H20N6O2S/c26-18(23-13-1-3-15(4-2-13)25-12-21-11-22-25)16-5-6-17(28-16)19(27)24-14-7-9-20-10-8-14/h1-6,11-12,14,20H,7-10H2,(H,23,26)(H,24,27). The van der Waals surface area contributed by atoms with Gasteiger partial charge < -0.3 is 16.0 Å². The first-order chi connectivity index (χ1) is 13.7. The van der Waals surface area contributed by atoms with Crippen molar-refractivity contribution >= 4 is 28.8 Å². The van der Waals surface area contributed by atoms with Crippen LogP contribution in [-0.2, 0) is 0 Å². The summed E-state index contributed by atoms with van der Waals surface area (Å²) in [5.41, 5.74) is 1.52. The van der Waals surface area contributed by atoms with Gasteiger partial charge in [-0.3, -0.25) is 9.59 Å². The van der Waals surface area contributed by atoms with Gasteiger partial charge in [0.05, 0.1) is 15.4 Å².